The fraction of sp³-hybridized carbons (Fsp3) is 0.273. The Morgan fingerprint density at radius 3 is 2.90 bits per heavy atom. The lowest BCUT2D eigenvalue weighted by Gasteiger charge is -2.33. The van der Waals surface area contributed by atoms with Crippen LogP contribution < -0.4 is 16.0 Å². The van der Waals surface area contributed by atoms with Crippen molar-refractivity contribution in [1.82, 2.24) is 19.5 Å². The number of nitrogens with one attached hydrogen (secondary N) is 1. The predicted molar refractivity (Wildman–Crippen MR) is 116 cm³/mol. The number of hydrazone groups is 1. The van der Waals surface area contributed by atoms with Crippen molar-refractivity contribution in [3.8, 4) is 17.3 Å². The Morgan fingerprint density at radius 1 is 1.26 bits per heavy atom. The molecule has 0 aliphatic carbocycles. The average Bonchev–Trinajstić information content (AvgIpc) is 2.79. The lowest BCUT2D eigenvalue weighted by atomic mass is 9.98. The van der Waals surface area contributed by atoms with E-state index in [9.17, 15) is 14.7 Å². The Balaban J connectivity index is 1.72. The van der Waals surface area contributed by atoms with Crippen LogP contribution in [0, 0.1) is 0 Å². The Morgan fingerprint density at radius 2 is 2.13 bits per heavy atom. The standard InChI is InChI=1S/C22H23N5O4/c1-31-17-8-4-7-16(12-17)27-21(29)18(20(28)25-22(27)30)14-24-26-11-3-2-9-19(26)15-6-5-10-23-13-15/h4-8,10,12-14,19,29H,2-3,9,11H2,1H3,(H,25,28,30)/b24-14+. The summed E-state index contributed by atoms with van der Waals surface area (Å²) in [6.07, 6.45) is 7.79. The minimum absolute atomic E-state index is 0.0317. The quantitative estimate of drug-likeness (QED) is 0.611. The van der Waals surface area contributed by atoms with Crippen LogP contribution in [0.25, 0.3) is 5.69 Å². The lowest BCUT2D eigenvalue weighted by molar-refractivity contribution is 0.156. The minimum atomic E-state index is -0.751. The van der Waals surface area contributed by atoms with Gasteiger partial charge in [0.15, 0.2) is 0 Å². The van der Waals surface area contributed by atoms with E-state index in [2.05, 4.69) is 15.1 Å². The van der Waals surface area contributed by atoms with Gasteiger partial charge in [-0.15, -0.1) is 0 Å². The zero-order valence-corrected chi connectivity index (χ0v) is 17.1. The Hall–Kier alpha value is -3.88. The van der Waals surface area contributed by atoms with Crippen molar-refractivity contribution < 1.29 is 9.84 Å². The SMILES string of the molecule is COc1cccc(-n2c(O)c(/C=N/N3CCCCC3c3cccnc3)c(=O)[nH]c2=O)c1. The molecule has 1 atom stereocenters. The second-order valence-corrected chi connectivity index (χ2v) is 7.24. The number of piperidine rings is 1. The molecule has 2 aromatic heterocycles. The predicted octanol–water partition coefficient (Wildman–Crippen LogP) is 2.20. The first-order chi connectivity index (χ1) is 15.1. The number of ether oxygens (including phenoxy) is 1. The average molecular weight is 421 g/mol. The molecule has 160 valence electrons. The number of hydrogen-bond donors (Lipinski definition) is 2. The maximum atomic E-state index is 12.4. The van der Waals surface area contributed by atoms with Gasteiger partial charge in [0.2, 0.25) is 5.88 Å². The van der Waals surface area contributed by atoms with Gasteiger partial charge in [-0.25, -0.2) is 9.36 Å². The van der Waals surface area contributed by atoms with E-state index in [-0.39, 0.29) is 11.6 Å². The molecule has 3 heterocycles. The second-order valence-electron chi connectivity index (χ2n) is 7.24. The number of hydrogen-bond acceptors (Lipinski definition) is 7. The molecule has 1 aliphatic heterocycles. The second kappa shape index (κ2) is 8.86. The molecule has 1 unspecified atom stereocenters. The fourth-order valence-corrected chi connectivity index (χ4v) is 3.74. The highest BCUT2D eigenvalue weighted by atomic mass is 16.5. The normalized spacial score (nSPS) is 16.5. The summed E-state index contributed by atoms with van der Waals surface area (Å²) in [6.45, 7) is 0.713. The smallest absolute Gasteiger partial charge is 0.335 e. The van der Waals surface area contributed by atoms with Gasteiger partial charge in [-0.2, -0.15) is 5.10 Å². The van der Waals surface area contributed by atoms with Gasteiger partial charge in [-0.3, -0.25) is 19.8 Å². The number of aromatic amines is 1. The number of aromatic nitrogens is 3. The van der Waals surface area contributed by atoms with Crippen molar-refractivity contribution in [3.63, 3.8) is 0 Å². The first-order valence-corrected chi connectivity index (χ1v) is 10.0. The zero-order valence-electron chi connectivity index (χ0n) is 17.1. The monoisotopic (exact) mass is 421 g/mol. The van der Waals surface area contributed by atoms with Gasteiger partial charge in [0, 0.05) is 25.0 Å². The van der Waals surface area contributed by atoms with Gasteiger partial charge >= 0.3 is 5.69 Å². The molecule has 1 fully saturated rings. The van der Waals surface area contributed by atoms with Crippen LogP contribution in [0.5, 0.6) is 11.6 Å². The molecular weight excluding hydrogens is 398 g/mol. The van der Waals surface area contributed by atoms with E-state index in [0.29, 0.717) is 18.0 Å². The van der Waals surface area contributed by atoms with Crippen LogP contribution in [-0.2, 0) is 0 Å². The molecule has 0 radical (unpaired) electrons. The molecule has 2 N–H and O–H groups in total. The molecular formula is C22H23N5O4. The number of methoxy groups -OCH3 is 1. The molecule has 0 saturated carbocycles. The molecule has 1 aliphatic rings. The van der Waals surface area contributed by atoms with Crippen LogP contribution in [0.4, 0.5) is 0 Å². The van der Waals surface area contributed by atoms with Gasteiger partial charge in [-0.1, -0.05) is 12.1 Å². The van der Waals surface area contributed by atoms with Crippen LogP contribution in [-0.4, -0.2) is 44.5 Å². The summed E-state index contributed by atoms with van der Waals surface area (Å²) in [4.78, 5) is 31.3. The summed E-state index contributed by atoms with van der Waals surface area (Å²) in [5.41, 5.74) is -0.157. The van der Waals surface area contributed by atoms with Crippen LogP contribution in [0.1, 0.15) is 36.4 Å². The molecule has 1 aromatic carbocycles. The highest BCUT2D eigenvalue weighted by Crippen LogP contribution is 2.30. The minimum Gasteiger partial charge on any atom is -0.497 e. The maximum absolute atomic E-state index is 12.4. The van der Waals surface area contributed by atoms with Gasteiger partial charge in [0.05, 0.1) is 25.1 Å². The summed E-state index contributed by atoms with van der Waals surface area (Å²) >= 11 is 0. The van der Waals surface area contributed by atoms with E-state index in [1.165, 1.54) is 13.3 Å². The van der Waals surface area contributed by atoms with Crippen LogP contribution in [0.2, 0.25) is 0 Å². The van der Waals surface area contributed by atoms with E-state index in [4.69, 9.17) is 4.74 Å². The van der Waals surface area contributed by atoms with E-state index in [1.807, 2.05) is 23.3 Å². The number of nitrogens with zero attached hydrogens (tertiary/aromatic N) is 4. The summed E-state index contributed by atoms with van der Waals surface area (Å²) in [5, 5.41) is 17.1. The molecule has 1 saturated heterocycles. The van der Waals surface area contributed by atoms with E-state index in [1.54, 1.807) is 30.5 Å². The summed E-state index contributed by atoms with van der Waals surface area (Å²) in [6, 6.07) is 10.5. The largest absolute Gasteiger partial charge is 0.497 e. The fourth-order valence-electron chi connectivity index (χ4n) is 3.74. The van der Waals surface area contributed by atoms with Crippen molar-refractivity contribution in [2.45, 2.75) is 25.3 Å². The van der Waals surface area contributed by atoms with Gasteiger partial charge in [0.1, 0.15) is 11.3 Å². The molecule has 0 bridgehead atoms. The molecule has 4 rings (SSSR count). The Labute approximate surface area is 178 Å². The number of benzene rings is 1. The van der Waals surface area contributed by atoms with Crippen molar-refractivity contribution in [2.24, 2.45) is 5.10 Å². The molecule has 3 aromatic rings. The van der Waals surface area contributed by atoms with E-state index >= 15 is 0 Å². The van der Waals surface area contributed by atoms with Crippen molar-refractivity contribution in [3.05, 3.63) is 80.8 Å². The van der Waals surface area contributed by atoms with Gasteiger partial charge in [-0.05, 0) is 43.0 Å². The van der Waals surface area contributed by atoms with Crippen molar-refractivity contribution >= 4 is 6.21 Å². The summed E-state index contributed by atoms with van der Waals surface area (Å²) in [7, 11) is 1.50. The Kier molecular flexibility index (Phi) is 5.83. The number of rotatable bonds is 5. The third-order valence-electron chi connectivity index (χ3n) is 5.31. The number of pyridine rings is 1. The molecule has 9 heteroatoms. The first-order valence-electron chi connectivity index (χ1n) is 10.0. The van der Waals surface area contributed by atoms with Gasteiger partial charge < -0.3 is 9.84 Å². The highest BCUT2D eigenvalue weighted by molar-refractivity contribution is 5.82. The van der Waals surface area contributed by atoms with E-state index in [0.717, 1.165) is 29.4 Å². The molecule has 0 spiro atoms. The molecule has 0 amide bonds. The van der Waals surface area contributed by atoms with Crippen LogP contribution >= 0.6 is 0 Å². The van der Waals surface area contributed by atoms with Crippen molar-refractivity contribution in [2.75, 3.05) is 13.7 Å². The third kappa shape index (κ3) is 4.20. The van der Waals surface area contributed by atoms with Crippen LogP contribution in [0.3, 0.4) is 0 Å². The van der Waals surface area contributed by atoms with Crippen molar-refractivity contribution in [1.29, 1.82) is 0 Å². The lowest BCUT2D eigenvalue weighted by Crippen LogP contribution is -2.32. The Bertz CT molecular complexity index is 1200. The number of aromatic hydroxyl groups is 1. The highest BCUT2D eigenvalue weighted by Gasteiger charge is 2.23. The maximum Gasteiger partial charge on any atom is 0.335 e. The first kappa shape index (κ1) is 20.4. The van der Waals surface area contributed by atoms with Gasteiger partial charge in [0.25, 0.3) is 5.56 Å². The van der Waals surface area contributed by atoms with Crippen LogP contribution in [0.15, 0.2) is 63.5 Å². The third-order valence-corrected chi connectivity index (χ3v) is 5.31. The topological polar surface area (TPSA) is 113 Å². The molecule has 31 heavy (non-hydrogen) atoms. The summed E-state index contributed by atoms with van der Waals surface area (Å²) < 4.78 is 6.20. The summed E-state index contributed by atoms with van der Waals surface area (Å²) in [5.74, 6) is 0.0264. The zero-order chi connectivity index (χ0) is 21.8. The number of H-pyrrole nitrogens is 1. The van der Waals surface area contributed by atoms with E-state index < -0.39 is 17.1 Å². The molecule has 9 nitrogen and oxygen atoms in total.